The Balaban J connectivity index is 1.82. The normalized spacial score (nSPS) is 21.6. The molecule has 1 atom stereocenters. The predicted octanol–water partition coefficient (Wildman–Crippen LogP) is 2.19. The molecule has 0 aliphatic carbocycles. The summed E-state index contributed by atoms with van der Waals surface area (Å²) < 4.78 is 8.60. The van der Waals surface area contributed by atoms with Crippen LogP contribution in [0.2, 0.25) is 0 Å². The third-order valence-electron chi connectivity index (χ3n) is 4.04. The average molecular weight is 409 g/mol. The molecule has 0 aromatic carbocycles. The van der Waals surface area contributed by atoms with Gasteiger partial charge in [-0.3, -0.25) is 4.99 Å². The summed E-state index contributed by atoms with van der Waals surface area (Å²) in [4.78, 5) is 11.4. The maximum atomic E-state index is 5.53. The summed E-state index contributed by atoms with van der Waals surface area (Å²) in [5, 5.41) is 5.58. The van der Waals surface area contributed by atoms with Crippen molar-refractivity contribution in [1.29, 1.82) is 0 Å². The summed E-state index contributed by atoms with van der Waals surface area (Å²) in [6.07, 6.45) is 5.70. The number of pyridine rings is 1. The van der Waals surface area contributed by atoms with Gasteiger partial charge < -0.3 is 9.64 Å². The minimum absolute atomic E-state index is 0.333. The lowest BCUT2D eigenvalue weighted by Crippen LogP contribution is -2.44. The minimum Gasteiger partial charge on any atom is -0.377 e. The second-order valence-electron chi connectivity index (χ2n) is 5.52. The summed E-state index contributed by atoms with van der Waals surface area (Å²) in [5.41, 5.74) is 1.96. The van der Waals surface area contributed by atoms with Gasteiger partial charge in [0.1, 0.15) is 5.82 Å². The number of rotatable bonds is 2. The van der Waals surface area contributed by atoms with Crippen molar-refractivity contribution >= 4 is 51.4 Å². The van der Waals surface area contributed by atoms with E-state index in [0.29, 0.717) is 12.6 Å². The van der Waals surface area contributed by atoms with Gasteiger partial charge in [-0.05, 0) is 41.7 Å². The summed E-state index contributed by atoms with van der Waals surface area (Å²) in [6.45, 7) is 5.19. The number of aromatic nitrogens is 3. The Morgan fingerprint density at radius 3 is 3.09 bits per heavy atom. The van der Waals surface area contributed by atoms with E-state index in [0.717, 1.165) is 42.3 Å². The van der Waals surface area contributed by atoms with Crippen molar-refractivity contribution in [2.24, 2.45) is 4.99 Å². The van der Waals surface area contributed by atoms with Crippen LogP contribution in [0.1, 0.15) is 6.92 Å². The summed E-state index contributed by atoms with van der Waals surface area (Å²) in [5.74, 6) is 0.994. The fraction of sp³-hybridized carbons (Fsp3) is 0.400. The van der Waals surface area contributed by atoms with Crippen LogP contribution in [0.3, 0.4) is 0 Å². The minimum atomic E-state index is 0.333. The van der Waals surface area contributed by atoms with E-state index >= 15 is 0 Å². The summed E-state index contributed by atoms with van der Waals surface area (Å²) in [6, 6.07) is 2.47. The van der Waals surface area contributed by atoms with E-state index in [-0.39, 0.29) is 0 Å². The van der Waals surface area contributed by atoms with Crippen molar-refractivity contribution in [3.8, 4) is 0 Å². The van der Waals surface area contributed by atoms with Gasteiger partial charge in [-0.15, -0.1) is 0 Å². The maximum absolute atomic E-state index is 5.53. The number of morpholine rings is 1. The SMILES string of the molecule is C[C@@H]1COCCN1c1cc(I)c2cnn(C3=CC=NC3)c2n1. The highest BCUT2D eigenvalue weighted by molar-refractivity contribution is 14.1. The fourth-order valence-electron chi connectivity index (χ4n) is 2.85. The highest BCUT2D eigenvalue weighted by atomic mass is 127. The van der Waals surface area contributed by atoms with Gasteiger partial charge in [0.2, 0.25) is 0 Å². The number of hydrogen-bond acceptors (Lipinski definition) is 5. The smallest absolute Gasteiger partial charge is 0.166 e. The molecule has 2 aromatic rings. The van der Waals surface area contributed by atoms with Crippen LogP contribution < -0.4 is 4.90 Å². The third kappa shape index (κ3) is 2.32. The van der Waals surface area contributed by atoms with Gasteiger partial charge in [-0.1, -0.05) is 0 Å². The van der Waals surface area contributed by atoms with E-state index in [1.807, 2.05) is 23.2 Å². The Bertz CT molecular complexity index is 782. The zero-order valence-electron chi connectivity index (χ0n) is 12.2. The maximum Gasteiger partial charge on any atom is 0.166 e. The molecule has 4 heterocycles. The van der Waals surface area contributed by atoms with Gasteiger partial charge in [0.05, 0.1) is 43.1 Å². The van der Waals surface area contributed by atoms with Crippen molar-refractivity contribution in [3.63, 3.8) is 0 Å². The zero-order chi connectivity index (χ0) is 15.1. The van der Waals surface area contributed by atoms with E-state index in [2.05, 4.69) is 50.6 Å². The van der Waals surface area contributed by atoms with Crippen LogP contribution in [-0.4, -0.2) is 53.3 Å². The molecule has 0 saturated carbocycles. The first kappa shape index (κ1) is 14.1. The quantitative estimate of drug-likeness (QED) is 0.714. The number of aliphatic imine (C=N–C) groups is 1. The Kier molecular flexibility index (Phi) is 3.61. The van der Waals surface area contributed by atoms with Crippen LogP contribution in [0.15, 0.2) is 23.3 Å². The van der Waals surface area contributed by atoms with Gasteiger partial charge in [0.15, 0.2) is 5.65 Å². The molecule has 7 heteroatoms. The molecule has 2 aliphatic rings. The van der Waals surface area contributed by atoms with Gasteiger partial charge >= 0.3 is 0 Å². The van der Waals surface area contributed by atoms with Gasteiger partial charge in [0.25, 0.3) is 0 Å². The number of ether oxygens (including phenoxy) is 1. The lowest BCUT2D eigenvalue weighted by Gasteiger charge is -2.34. The van der Waals surface area contributed by atoms with Crippen molar-refractivity contribution in [3.05, 3.63) is 21.9 Å². The van der Waals surface area contributed by atoms with E-state index in [1.165, 1.54) is 3.57 Å². The third-order valence-corrected chi connectivity index (χ3v) is 4.93. The molecule has 1 fully saturated rings. The number of nitrogens with zero attached hydrogens (tertiary/aromatic N) is 5. The molecule has 114 valence electrons. The Morgan fingerprint density at radius 2 is 2.32 bits per heavy atom. The topological polar surface area (TPSA) is 55.5 Å². The average Bonchev–Trinajstić information content (AvgIpc) is 3.16. The molecule has 0 amide bonds. The number of halogens is 1. The number of anilines is 1. The van der Waals surface area contributed by atoms with Crippen LogP contribution in [0, 0.1) is 3.57 Å². The Morgan fingerprint density at radius 1 is 1.41 bits per heavy atom. The van der Waals surface area contributed by atoms with E-state index in [1.54, 1.807) is 0 Å². The molecule has 0 unspecified atom stereocenters. The molecule has 2 aliphatic heterocycles. The van der Waals surface area contributed by atoms with Gasteiger partial charge in [0, 0.05) is 16.3 Å². The second kappa shape index (κ2) is 5.62. The van der Waals surface area contributed by atoms with Gasteiger partial charge in [-0.25, -0.2) is 9.67 Å². The number of hydrogen-bond donors (Lipinski definition) is 0. The second-order valence-corrected chi connectivity index (χ2v) is 6.68. The Hall–Kier alpha value is -1.48. The van der Waals surface area contributed by atoms with E-state index in [9.17, 15) is 0 Å². The standard InChI is InChI=1S/C15H16IN5O/c1-10-9-22-5-4-20(10)14-6-13(16)12-8-18-21(15(12)19-14)11-2-3-17-7-11/h2-3,6,8,10H,4-5,7,9H2,1H3/t10-/m1/s1. The highest BCUT2D eigenvalue weighted by Gasteiger charge is 2.22. The highest BCUT2D eigenvalue weighted by Crippen LogP contribution is 2.27. The first-order valence-corrected chi connectivity index (χ1v) is 8.40. The van der Waals surface area contributed by atoms with E-state index in [4.69, 9.17) is 9.72 Å². The molecule has 0 spiro atoms. The molecule has 1 saturated heterocycles. The largest absolute Gasteiger partial charge is 0.377 e. The van der Waals surface area contributed by atoms with Crippen LogP contribution in [0.4, 0.5) is 5.82 Å². The first-order valence-electron chi connectivity index (χ1n) is 7.32. The van der Waals surface area contributed by atoms with Crippen molar-refractivity contribution in [2.45, 2.75) is 13.0 Å². The molecule has 6 nitrogen and oxygen atoms in total. The van der Waals surface area contributed by atoms with Crippen LogP contribution in [0.25, 0.3) is 16.7 Å². The zero-order valence-corrected chi connectivity index (χ0v) is 14.4. The monoisotopic (exact) mass is 409 g/mol. The molecular weight excluding hydrogens is 393 g/mol. The summed E-state index contributed by atoms with van der Waals surface area (Å²) in [7, 11) is 0. The van der Waals surface area contributed by atoms with Crippen molar-refractivity contribution < 1.29 is 4.74 Å². The van der Waals surface area contributed by atoms with Crippen LogP contribution >= 0.6 is 22.6 Å². The molecule has 0 radical (unpaired) electrons. The van der Waals surface area contributed by atoms with Crippen LogP contribution in [-0.2, 0) is 4.74 Å². The molecule has 0 bridgehead atoms. The van der Waals surface area contributed by atoms with Crippen molar-refractivity contribution in [2.75, 3.05) is 31.2 Å². The molecule has 4 rings (SSSR count). The fourth-order valence-corrected chi connectivity index (χ4v) is 3.51. The molecule has 22 heavy (non-hydrogen) atoms. The first-order chi connectivity index (χ1) is 10.7. The lowest BCUT2D eigenvalue weighted by atomic mass is 10.2. The molecular formula is C15H16IN5O. The molecule has 0 N–H and O–H groups in total. The summed E-state index contributed by atoms with van der Waals surface area (Å²) >= 11 is 2.36. The lowest BCUT2D eigenvalue weighted by molar-refractivity contribution is 0.0985. The van der Waals surface area contributed by atoms with E-state index < -0.39 is 0 Å². The number of allylic oxidation sites excluding steroid dienone is 1. The van der Waals surface area contributed by atoms with Crippen molar-refractivity contribution in [1.82, 2.24) is 14.8 Å². The molecule has 2 aromatic heterocycles. The number of fused-ring (bicyclic) bond motifs is 1. The predicted molar refractivity (Wildman–Crippen MR) is 95.5 cm³/mol. The van der Waals surface area contributed by atoms with Gasteiger partial charge in [-0.2, -0.15) is 5.10 Å². The van der Waals surface area contributed by atoms with Crippen LogP contribution in [0.5, 0.6) is 0 Å². The Labute approximate surface area is 142 Å².